The van der Waals surface area contributed by atoms with E-state index in [9.17, 15) is 4.79 Å². The van der Waals surface area contributed by atoms with Gasteiger partial charge < -0.3 is 15.7 Å². The fraction of sp³-hybridized carbons (Fsp3) is 0.133. The largest absolute Gasteiger partial charge is 0.392 e. The Morgan fingerprint density at radius 3 is 2.35 bits per heavy atom. The Labute approximate surface area is 126 Å². The number of para-hydroxylation sites is 1. The van der Waals surface area contributed by atoms with Crippen LogP contribution in [0.5, 0.6) is 0 Å². The second-order valence-corrected chi connectivity index (χ2v) is 5.12. The first-order chi connectivity index (χ1) is 9.69. The van der Waals surface area contributed by atoms with Gasteiger partial charge >= 0.3 is 6.03 Å². The molecule has 0 heterocycles. The van der Waals surface area contributed by atoms with Crippen molar-refractivity contribution in [1.82, 2.24) is 5.32 Å². The summed E-state index contributed by atoms with van der Waals surface area (Å²) in [5.74, 6) is 0. The summed E-state index contributed by atoms with van der Waals surface area (Å²) < 4.78 is 0.836. The van der Waals surface area contributed by atoms with Crippen molar-refractivity contribution in [2.24, 2.45) is 0 Å². The number of aliphatic hydroxyl groups is 1. The fourth-order valence-electron chi connectivity index (χ4n) is 1.67. The van der Waals surface area contributed by atoms with Crippen molar-refractivity contribution in [3.05, 3.63) is 64.1 Å². The molecule has 2 aromatic carbocycles. The van der Waals surface area contributed by atoms with Crippen molar-refractivity contribution in [2.45, 2.75) is 13.2 Å². The second kappa shape index (κ2) is 7.07. The van der Waals surface area contributed by atoms with Gasteiger partial charge in [0.1, 0.15) is 0 Å². The van der Waals surface area contributed by atoms with E-state index in [4.69, 9.17) is 5.11 Å². The van der Waals surface area contributed by atoms with Crippen LogP contribution in [-0.4, -0.2) is 11.1 Å². The number of carbonyl (C=O) groups excluding carboxylic acids is 1. The van der Waals surface area contributed by atoms with Crippen LogP contribution in [0.25, 0.3) is 0 Å². The van der Waals surface area contributed by atoms with Gasteiger partial charge in [0.15, 0.2) is 0 Å². The van der Waals surface area contributed by atoms with E-state index in [1.165, 1.54) is 0 Å². The molecule has 2 aromatic rings. The molecule has 0 unspecified atom stereocenters. The number of nitrogens with one attached hydrogen (secondary N) is 2. The lowest BCUT2D eigenvalue weighted by Gasteiger charge is -2.09. The molecule has 0 spiro atoms. The maximum Gasteiger partial charge on any atom is 0.319 e. The highest BCUT2D eigenvalue weighted by Gasteiger charge is 2.04. The number of aliphatic hydroxyl groups excluding tert-OH is 1. The number of urea groups is 1. The quantitative estimate of drug-likeness (QED) is 0.803. The first kappa shape index (κ1) is 14.6. The van der Waals surface area contributed by atoms with Crippen LogP contribution in [0.4, 0.5) is 10.5 Å². The lowest BCUT2D eigenvalue weighted by Crippen LogP contribution is -2.28. The van der Waals surface area contributed by atoms with E-state index in [0.29, 0.717) is 6.54 Å². The van der Waals surface area contributed by atoms with Crippen molar-refractivity contribution < 1.29 is 9.90 Å². The highest BCUT2D eigenvalue weighted by Crippen LogP contribution is 2.20. The Morgan fingerprint density at radius 1 is 1.05 bits per heavy atom. The van der Waals surface area contributed by atoms with Crippen molar-refractivity contribution in [3.8, 4) is 0 Å². The molecular formula is C15H15BrN2O2. The average molecular weight is 335 g/mol. The van der Waals surface area contributed by atoms with Crippen molar-refractivity contribution >= 4 is 27.6 Å². The van der Waals surface area contributed by atoms with Crippen molar-refractivity contribution in [1.29, 1.82) is 0 Å². The molecule has 0 atom stereocenters. The Bertz CT molecular complexity index is 585. The van der Waals surface area contributed by atoms with Gasteiger partial charge in [0, 0.05) is 11.0 Å². The Morgan fingerprint density at radius 2 is 1.70 bits per heavy atom. The molecule has 0 bridgehead atoms. The molecule has 5 heteroatoms. The molecule has 4 nitrogen and oxygen atoms in total. The van der Waals surface area contributed by atoms with E-state index in [2.05, 4.69) is 26.6 Å². The highest BCUT2D eigenvalue weighted by atomic mass is 79.9. The van der Waals surface area contributed by atoms with Gasteiger partial charge in [-0.2, -0.15) is 0 Å². The summed E-state index contributed by atoms with van der Waals surface area (Å²) in [5.41, 5.74) is 2.55. The maximum absolute atomic E-state index is 11.8. The SMILES string of the molecule is O=C(NCc1ccc(CO)cc1)Nc1ccccc1Br. The number of hydrogen-bond acceptors (Lipinski definition) is 2. The molecule has 2 amide bonds. The molecule has 0 aliphatic rings. The number of rotatable bonds is 4. The minimum Gasteiger partial charge on any atom is -0.392 e. The summed E-state index contributed by atoms with van der Waals surface area (Å²) in [6.07, 6.45) is 0. The monoisotopic (exact) mass is 334 g/mol. The average Bonchev–Trinajstić information content (AvgIpc) is 2.48. The standard InChI is InChI=1S/C15H15BrN2O2/c16-13-3-1-2-4-14(13)18-15(20)17-9-11-5-7-12(10-19)8-6-11/h1-8,19H,9-10H2,(H2,17,18,20). The van der Waals surface area contributed by atoms with Crippen LogP contribution in [-0.2, 0) is 13.2 Å². The zero-order valence-electron chi connectivity index (χ0n) is 10.8. The molecule has 0 saturated heterocycles. The lowest BCUT2D eigenvalue weighted by atomic mass is 10.1. The van der Waals surface area contributed by atoms with Gasteiger partial charge in [-0.05, 0) is 39.2 Å². The van der Waals surface area contributed by atoms with Crippen LogP contribution in [0.1, 0.15) is 11.1 Å². The third-order valence-corrected chi connectivity index (χ3v) is 3.47. The van der Waals surface area contributed by atoms with Crippen LogP contribution in [0.3, 0.4) is 0 Å². The number of anilines is 1. The summed E-state index contributed by atoms with van der Waals surface area (Å²) in [6, 6.07) is 14.6. The topological polar surface area (TPSA) is 61.4 Å². The number of carbonyl (C=O) groups is 1. The normalized spacial score (nSPS) is 10.1. The third kappa shape index (κ3) is 4.08. The van der Waals surface area contributed by atoms with Gasteiger partial charge in [-0.3, -0.25) is 0 Å². The molecular weight excluding hydrogens is 320 g/mol. The summed E-state index contributed by atoms with van der Waals surface area (Å²) in [4.78, 5) is 11.8. The van der Waals surface area contributed by atoms with Gasteiger partial charge in [0.2, 0.25) is 0 Å². The molecule has 0 aromatic heterocycles. The summed E-state index contributed by atoms with van der Waals surface area (Å²) in [7, 11) is 0. The summed E-state index contributed by atoms with van der Waals surface area (Å²) in [5, 5.41) is 14.5. The van der Waals surface area contributed by atoms with Crippen LogP contribution in [0.15, 0.2) is 53.0 Å². The van der Waals surface area contributed by atoms with Gasteiger partial charge in [0.05, 0.1) is 12.3 Å². The zero-order valence-corrected chi connectivity index (χ0v) is 12.4. The first-order valence-electron chi connectivity index (χ1n) is 6.17. The second-order valence-electron chi connectivity index (χ2n) is 4.26. The molecule has 0 aliphatic heterocycles. The molecule has 0 fully saturated rings. The summed E-state index contributed by atoms with van der Waals surface area (Å²) in [6.45, 7) is 0.457. The number of halogens is 1. The molecule has 2 rings (SSSR count). The zero-order chi connectivity index (χ0) is 14.4. The third-order valence-electron chi connectivity index (χ3n) is 2.78. The number of amides is 2. The lowest BCUT2D eigenvalue weighted by molar-refractivity contribution is 0.251. The van der Waals surface area contributed by atoms with Crippen LogP contribution in [0.2, 0.25) is 0 Å². The summed E-state index contributed by atoms with van der Waals surface area (Å²) >= 11 is 3.37. The smallest absolute Gasteiger partial charge is 0.319 e. The fourth-order valence-corrected chi connectivity index (χ4v) is 2.06. The van der Waals surface area contributed by atoms with Gasteiger partial charge in [-0.25, -0.2) is 4.79 Å². The van der Waals surface area contributed by atoms with Gasteiger partial charge in [-0.1, -0.05) is 36.4 Å². The maximum atomic E-state index is 11.8. The predicted octanol–water partition coefficient (Wildman–Crippen LogP) is 3.26. The highest BCUT2D eigenvalue weighted by molar-refractivity contribution is 9.10. The van der Waals surface area contributed by atoms with E-state index in [-0.39, 0.29) is 12.6 Å². The molecule has 3 N–H and O–H groups in total. The molecule has 0 saturated carbocycles. The number of benzene rings is 2. The predicted molar refractivity (Wildman–Crippen MR) is 82.4 cm³/mol. The Kier molecular flexibility index (Phi) is 5.15. The minimum absolute atomic E-state index is 0.0240. The van der Waals surface area contributed by atoms with E-state index >= 15 is 0 Å². The number of hydrogen-bond donors (Lipinski definition) is 3. The molecule has 104 valence electrons. The minimum atomic E-state index is -0.261. The van der Waals surface area contributed by atoms with E-state index in [1.807, 2.05) is 48.5 Å². The van der Waals surface area contributed by atoms with Crippen molar-refractivity contribution in [3.63, 3.8) is 0 Å². The van der Waals surface area contributed by atoms with Crippen LogP contribution in [0, 0.1) is 0 Å². The Hall–Kier alpha value is -1.85. The van der Waals surface area contributed by atoms with Crippen molar-refractivity contribution in [2.75, 3.05) is 5.32 Å². The van der Waals surface area contributed by atoms with Crippen LogP contribution < -0.4 is 10.6 Å². The molecule has 20 heavy (non-hydrogen) atoms. The van der Waals surface area contributed by atoms with Gasteiger partial charge in [-0.15, -0.1) is 0 Å². The van der Waals surface area contributed by atoms with Crippen LogP contribution >= 0.6 is 15.9 Å². The van der Waals surface area contributed by atoms with Gasteiger partial charge in [0.25, 0.3) is 0 Å². The van der Waals surface area contributed by atoms with E-state index in [0.717, 1.165) is 21.3 Å². The Balaban J connectivity index is 1.87. The molecule has 0 radical (unpaired) electrons. The van der Waals surface area contributed by atoms with E-state index in [1.54, 1.807) is 0 Å². The first-order valence-corrected chi connectivity index (χ1v) is 6.96. The molecule has 0 aliphatic carbocycles. The van der Waals surface area contributed by atoms with E-state index < -0.39 is 0 Å².